The molecule has 0 atom stereocenters. The van der Waals surface area contributed by atoms with Crippen LogP contribution < -0.4 is 5.73 Å². The highest BCUT2D eigenvalue weighted by Gasteiger charge is 2.12. The first-order valence-corrected chi connectivity index (χ1v) is 3.65. The molecule has 12 heavy (non-hydrogen) atoms. The molecule has 0 fully saturated rings. The van der Waals surface area contributed by atoms with E-state index in [9.17, 15) is 9.18 Å². The lowest BCUT2D eigenvalue weighted by Crippen LogP contribution is -1.99. The second kappa shape index (κ2) is 3.11. The fraction of sp³-hybridized carbons (Fsp3) is 0.125. The minimum absolute atomic E-state index is 0.0556. The molecule has 0 amide bonds. The zero-order chi connectivity index (χ0) is 9.30. The second-order valence-corrected chi connectivity index (χ2v) is 2.82. The lowest BCUT2D eigenvalue weighted by molar-refractivity contribution is 0.101. The number of carbonyl (C=O) groups excluding carboxylic acids is 1. The average molecular weight is 188 g/mol. The van der Waals surface area contributed by atoms with Gasteiger partial charge in [-0.15, -0.1) is 0 Å². The van der Waals surface area contributed by atoms with E-state index in [0.717, 1.165) is 6.07 Å². The Bertz CT molecular complexity index is 315. The van der Waals surface area contributed by atoms with Gasteiger partial charge in [0.1, 0.15) is 5.82 Å². The molecule has 0 aromatic heterocycles. The summed E-state index contributed by atoms with van der Waals surface area (Å²) in [7, 11) is 0. The fourth-order valence-corrected chi connectivity index (χ4v) is 1.28. The van der Waals surface area contributed by atoms with E-state index in [4.69, 9.17) is 17.3 Å². The molecule has 0 saturated carbocycles. The van der Waals surface area contributed by atoms with Gasteiger partial charge in [0.2, 0.25) is 0 Å². The van der Waals surface area contributed by atoms with Gasteiger partial charge in [-0.2, -0.15) is 0 Å². The number of benzene rings is 1. The van der Waals surface area contributed by atoms with Crippen molar-refractivity contribution in [3.63, 3.8) is 0 Å². The maximum atomic E-state index is 13.0. The average Bonchev–Trinajstić information content (AvgIpc) is 1.82. The van der Waals surface area contributed by atoms with Gasteiger partial charge in [-0.3, -0.25) is 4.79 Å². The number of carbonyl (C=O) groups is 1. The molecule has 2 nitrogen and oxygen atoms in total. The third-order valence-corrected chi connectivity index (χ3v) is 1.71. The Balaban J connectivity index is 3.38. The van der Waals surface area contributed by atoms with Crippen molar-refractivity contribution in [1.29, 1.82) is 0 Å². The van der Waals surface area contributed by atoms with Crippen molar-refractivity contribution in [2.45, 2.75) is 6.92 Å². The van der Waals surface area contributed by atoms with Gasteiger partial charge >= 0.3 is 0 Å². The maximum Gasteiger partial charge on any atom is 0.164 e. The molecule has 0 bridgehead atoms. The summed E-state index contributed by atoms with van der Waals surface area (Å²) in [6, 6.07) is 2.42. The van der Waals surface area contributed by atoms with Gasteiger partial charge in [-0.05, 0) is 19.1 Å². The molecular formula is C8H7ClFNO. The Labute approximate surface area is 74.1 Å². The van der Waals surface area contributed by atoms with Crippen LogP contribution in [0.2, 0.25) is 5.02 Å². The molecular weight excluding hydrogens is 181 g/mol. The van der Waals surface area contributed by atoms with Crippen LogP contribution in [0, 0.1) is 5.82 Å². The van der Waals surface area contributed by atoms with Crippen molar-refractivity contribution < 1.29 is 9.18 Å². The summed E-state index contributed by atoms with van der Waals surface area (Å²) in [5, 5.41) is 0.0556. The largest absolute Gasteiger partial charge is 0.399 e. The first-order valence-electron chi connectivity index (χ1n) is 3.28. The predicted octanol–water partition coefficient (Wildman–Crippen LogP) is 2.26. The lowest BCUT2D eigenvalue weighted by atomic mass is 10.1. The van der Waals surface area contributed by atoms with Crippen molar-refractivity contribution in [2.24, 2.45) is 0 Å². The number of hydrogen-bond acceptors (Lipinski definition) is 2. The summed E-state index contributed by atoms with van der Waals surface area (Å²) < 4.78 is 13.0. The smallest absolute Gasteiger partial charge is 0.164 e. The number of ketones is 1. The number of hydrogen-bond donors (Lipinski definition) is 1. The minimum atomic E-state index is -0.674. The van der Waals surface area contributed by atoms with Crippen LogP contribution in [0.4, 0.5) is 10.1 Å². The van der Waals surface area contributed by atoms with Crippen molar-refractivity contribution in [2.75, 3.05) is 5.73 Å². The van der Waals surface area contributed by atoms with E-state index in [1.165, 1.54) is 13.0 Å². The number of nitrogen functional groups attached to an aromatic ring is 1. The van der Waals surface area contributed by atoms with E-state index >= 15 is 0 Å². The number of halogens is 2. The SMILES string of the molecule is CC(=O)c1c(F)cc(N)cc1Cl. The Morgan fingerprint density at radius 2 is 2.17 bits per heavy atom. The fourth-order valence-electron chi connectivity index (χ4n) is 0.929. The Morgan fingerprint density at radius 3 is 2.58 bits per heavy atom. The van der Waals surface area contributed by atoms with Crippen molar-refractivity contribution >= 4 is 23.1 Å². The van der Waals surface area contributed by atoms with E-state index < -0.39 is 11.6 Å². The summed E-state index contributed by atoms with van der Waals surface area (Å²) >= 11 is 5.59. The van der Waals surface area contributed by atoms with Gasteiger partial charge < -0.3 is 5.73 Å². The highest BCUT2D eigenvalue weighted by Crippen LogP contribution is 2.22. The molecule has 0 aliphatic rings. The number of Topliss-reactive ketones (excluding diaryl/α,β-unsaturated/α-hetero) is 1. The molecule has 1 rings (SSSR count). The maximum absolute atomic E-state index is 13.0. The zero-order valence-corrected chi connectivity index (χ0v) is 7.15. The quantitative estimate of drug-likeness (QED) is 0.541. The van der Waals surface area contributed by atoms with Gasteiger partial charge in [-0.25, -0.2) is 4.39 Å². The van der Waals surface area contributed by atoms with Gasteiger partial charge in [0.25, 0.3) is 0 Å². The van der Waals surface area contributed by atoms with E-state index in [1.54, 1.807) is 0 Å². The second-order valence-electron chi connectivity index (χ2n) is 2.42. The standard InChI is InChI=1S/C8H7ClFNO/c1-4(12)8-6(9)2-5(11)3-7(8)10/h2-3H,11H2,1H3. The van der Waals surface area contributed by atoms with Crippen LogP contribution >= 0.6 is 11.6 Å². The summed E-state index contributed by atoms with van der Waals surface area (Å²) in [5.74, 6) is -1.08. The van der Waals surface area contributed by atoms with Crippen LogP contribution in [0.3, 0.4) is 0 Å². The monoisotopic (exact) mass is 187 g/mol. The van der Waals surface area contributed by atoms with Crippen LogP contribution in [-0.4, -0.2) is 5.78 Å². The molecule has 0 unspecified atom stereocenters. The molecule has 64 valence electrons. The molecule has 0 aliphatic heterocycles. The van der Waals surface area contributed by atoms with Crippen molar-refractivity contribution in [1.82, 2.24) is 0 Å². The van der Waals surface area contributed by atoms with Crippen LogP contribution in [0.5, 0.6) is 0 Å². The van der Waals surface area contributed by atoms with Gasteiger partial charge in [0.05, 0.1) is 10.6 Å². The molecule has 4 heteroatoms. The Hall–Kier alpha value is -1.09. The molecule has 0 radical (unpaired) electrons. The predicted molar refractivity (Wildman–Crippen MR) is 45.8 cm³/mol. The first-order chi connectivity index (χ1) is 5.52. The van der Waals surface area contributed by atoms with Gasteiger partial charge in [0.15, 0.2) is 5.78 Å². The van der Waals surface area contributed by atoms with Crippen LogP contribution in [0.25, 0.3) is 0 Å². The van der Waals surface area contributed by atoms with Crippen LogP contribution in [0.1, 0.15) is 17.3 Å². The third-order valence-electron chi connectivity index (χ3n) is 1.42. The summed E-state index contributed by atoms with van der Waals surface area (Å²) in [5.41, 5.74) is 5.40. The highest BCUT2D eigenvalue weighted by molar-refractivity contribution is 6.34. The van der Waals surface area contributed by atoms with Crippen LogP contribution in [0.15, 0.2) is 12.1 Å². The molecule has 0 saturated heterocycles. The summed E-state index contributed by atoms with van der Waals surface area (Å²) in [4.78, 5) is 10.8. The molecule has 2 N–H and O–H groups in total. The number of nitrogens with two attached hydrogens (primary N) is 1. The van der Waals surface area contributed by atoms with E-state index in [0.29, 0.717) is 0 Å². The molecule has 1 aromatic carbocycles. The molecule has 0 spiro atoms. The summed E-state index contributed by atoms with van der Waals surface area (Å²) in [6.45, 7) is 1.25. The highest BCUT2D eigenvalue weighted by atomic mass is 35.5. The van der Waals surface area contributed by atoms with E-state index in [1.807, 2.05) is 0 Å². The topological polar surface area (TPSA) is 43.1 Å². The Kier molecular flexibility index (Phi) is 2.33. The molecule has 0 aliphatic carbocycles. The van der Waals surface area contributed by atoms with Crippen LogP contribution in [-0.2, 0) is 0 Å². The lowest BCUT2D eigenvalue weighted by Gasteiger charge is -2.02. The number of anilines is 1. The van der Waals surface area contributed by atoms with E-state index in [2.05, 4.69) is 0 Å². The normalized spacial score (nSPS) is 9.92. The van der Waals surface area contributed by atoms with Gasteiger partial charge in [-0.1, -0.05) is 11.6 Å². The minimum Gasteiger partial charge on any atom is -0.399 e. The van der Waals surface area contributed by atoms with Crippen molar-refractivity contribution in [3.05, 3.63) is 28.5 Å². The molecule has 0 heterocycles. The summed E-state index contributed by atoms with van der Waals surface area (Å²) in [6.07, 6.45) is 0. The zero-order valence-electron chi connectivity index (χ0n) is 6.40. The van der Waals surface area contributed by atoms with E-state index in [-0.39, 0.29) is 16.3 Å². The number of rotatable bonds is 1. The third kappa shape index (κ3) is 1.56. The van der Waals surface area contributed by atoms with Gasteiger partial charge in [0, 0.05) is 5.69 Å². The Morgan fingerprint density at radius 1 is 1.58 bits per heavy atom. The molecule has 1 aromatic rings. The first kappa shape index (κ1) is 9.00. The van der Waals surface area contributed by atoms with Crippen molar-refractivity contribution in [3.8, 4) is 0 Å².